The lowest BCUT2D eigenvalue weighted by molar-refractivity contribution is -0.0624. The summed E-state index contributed by atoms with van der Waals surface area (Å²) in [6, 6.07) is 19.7. The lowest BCUT2D eigenvalue weighted by Gasteiger charge is -2.60. The number of phenolic OH excluding ortho intramolecular Hbond substituents is 4. The zero-order chi connectivity index (χ0) is 30.2. The Morgan fingerprint density at radius 3 is 1.26 bits per heavy atom. The summed E-state index contributed by atoms with van der Waals surface area (Å²) >= 11 is 0. The Morgan fingerprint density at radius 2 is 0.884 bits per heavy atom. The van der Waals surface area contributed by atoms with Gasteiger partial charge in [-0.3, -0.25) is 0 Å². The van der Waals surface area contributed by atoms with Crippen molar-refractivity contribution in [3.05, 3.63) is 94.0 Å². The van der Waals surface area contributed by atoms with Crippen LogP contribution in [-0.4, -0.2) is 20.4 Å². The molecule has 0 spiro atoms. The molecule has 4 aliphatic rings. The van der Waals surface area contributed by atoms with Gasteiger partial charge in [-0.25, -0.2) is 0 Å². The van der Waals surface area contributed by atoms with E-state index >= 15 is 0 Å². The predicted octanol–water partition coefficient (Wildman–Crippen LogP) is 9.42. The van der Waals surface area contributed by atoms with Crippen LogP contribution in [0.15, 0.2) is 60.7 Å². The summed E-state index contributed by atoms with van der Waals surface area (Å²) in [5.41, 5.74) is 8.98. The first-order valence-corrected chi connectivity index (χ1v) is 15.8. The molecule has 0 amide bonds. The summed E-state index contributed by atoms with van der Waals surface area (Å²) in [6.07, 6.45) is 7.27. The third kappa shape index (κ3) is 4.67. The molecule has 4 aromatic rings. The molecule has 4 saturated carbocycles. The van der Waals surface area contributed by atoms with Crippen molar-refractivity contribution in [2.24, 2.45) is 23.2 Å². The summed E-state index contributed by atoms with van der Waals surface area (Å²) in [5, 5.41) is 44.1. The number of rotatable bonds is 5. The lowest BCUT2D eigenvalue weighted by atomic mass is 9.45. The smallest absolute Gasteiger partial charge is 0.122 e. The van der Waals surface area contributed by atoms with E-state index in [-0.39, 0.29) is 22.8 Å². The highest BCUT2D eigenvalue weighted by molar-refractivity contribution is 5.73. The largest absolute Gasteiger partial charge is 0.508 e. The number of hydrogen-bond donors (Lipinski definition) is 4. The van der Waals surface area contributed by atoms with Gasteiger partial charge < -0.3 is 20.4 Å². The lowest BCUT2D eigenvalue weighted by Crippen LogP contribution is -2.49. The molecule has 4 heteroatoms. The van der Waals surface area contributed by atoms with Crippen LogP contribution in [0.4, 0.5) is 0 Å². The Morgan fingerprint density at radius 1 is 0.512 bits per heavy atom. The van der Waals surface area contributed by atoms with Gasteiger partial charge in [0.25, 0.3) is 0 Å². The van der Waals surface area contributed by atoms with Crippen LogP contribution >= 0.6 is 0 Å². The molecule has 0 aromatic heterocycles. The first-order chi connectivity index (χ1) is 20.5. The van der Waals surface area contributed by atoms with Crippen LogP contribution in [0.1, 0.15) is 77.8 Å². The van der Waals surface area contributed by atoms with Gasteiger partial charge >= 0.3 is 0 Å². The topological polar surface area (TPSA) is 80.9 Å². The molecule has 0 aliphatic heterocycles. The predicted molar refractivity (Wildman–Crippen MR) is 172 cm³/mol. The molecule has 43 heavy (non-hydrogen) atoms. The summed E-state index contributed by atoms with van der Waals surface area (Å²) in [5.74, 6) is 3.09. The van der Waals surface area contributed by atoms with E-state index in [1.165, 1.54) is 19.3 Å². The zero-order valence-electron chi connectivity index (χ0n) is 25.6. The van der Waals surface area contributed by atoms with Crippen molar-refractivity contribution in [3.63, 3.8) is 0 Å². The van der Waals surface area contributed by atoms with Gasteiger partial charge in [0, 0.05) is 17.0 Å². The van der Waals surface area contributed by atoms with Crippen LogP contribution in [0.25, 0.3) is 22.3 Å². The van der Waals surface area contributed by atoms with Gasteiger partial charge in [0.15, 0.2) is 0 Å². The van der Waals surface area contributed by atoms with Crippen LogP contribution in [-0.2, 0) is 0 Å². The molecule has 4 aromatic carbocycles. The third-order valence-electron chi connectivity index (χ3n) is 11.0. The number of phenols is 4. The average Bonchev–Trinajstić information content (AvgIpc) is 2.95. The van der Waals surface area contributed by atoms with E-state index in [9.17, 15) is 20.4 Å². The molecule has 0 unspecified atom stereocenters. The van der Waals surface area contributed by atoms with Gasteiger partial charge in [-0.2, -0.15) is 0 Å². The van der Waals surface area contributed by atoms with Crippen LogP contribution in [0, 0.1) is 50.9 Å². The van der Waals surface area contributed by atoms with E-state index in [0.717, 1.165) is 74.9 Å². The van der Waals surface area contributed by atoms with Crippen molar-refractivity contribution in [1.29, 1.82) is 0 Å². The van der Waals surface area contributed by atoms with Gasteiger partial charge in [0.2, 0.25) is 0 Å². The van der Waals surface area contributed by atoms with Crippen molar-refractivity contribution in [2.45, 2.75) is 72.1 Å². The maximum absolute atomic E-state index is 11.9. The maximum Gasteiger partial charge on any atom is 0.122 e. The summed E-state index contributed by atoms with van der Waals surface area (Å²) in [6.45, 7) is 7.74. The Bertz CT molecular complexity index is 1610. The molecular formula is C39H42O4. The molecule has 0 saturated heterocycles. The van der Waals surface area contributed by atoms with E-state index in [2.05, 4.69) is 12.1 Å². The Hall–Kier alpha value is -3.92. The molecule has 4 N–H and O–H groups in total. The number of aryl methyl sites for hydroxylation is 4. The van der Waals surface area contributed by atoms with E-state index in [1.807, 2.05) is 64.1 Å². The number of hydrogen-bond acceptors (Lipinski definition) is 4. The molecule has 0 atom stereocenters. The van der Waals surface area contributed by atoms with E-state index in [0.29, 0.717) is 29.3 Å². The van der Waals surface area contributed by atoms with E-state index in [1.54, 1.807) is 12.1 Å². The minimum Gasteiger partial charge on any atom is -0.508 e. The monoisotopic (exact) mass is 574 g/mol. The van der Waals surface area contributed by atoms with E-state index in [4.69, 9.17) is 0 Å². The van der Waals surface area contributed by atoms with Crippen molar-refractivity contribution < 1.29 is 20.4 Å². The standard InChI is InChI=1S/C39H42O4/c1-21-9-28(5-7-34(21)40)30-11-23(3)37(42)32(16-30)36(39-18-25-13-26(19-39)15-27(14-25)20-39)33-17-31(12-24(4)38(33)43)29-6-8-35(41)22(2)10-29/h5-12,16-17,25-27,36,40-43H,13-15,18-20H2,1-4H3. The minimum atomic E-state index is -0.172. The molecule has 4 fully saturated rings. The highest BCUT2D eigenvalue weighted by Gasteiger charge is 2.55. The maximum atomic E-state index is 11.9. The molecule has 0 radical (unpaired) electrons. The molecule has 8 rings (SSSR count). The average molecular weight is 575 g/mol. The molecular weight excluding hydrogens is 532 g/mol. The third-order valence-corrected chi connectivity index (χ3v) is 11.0. The van der Waals surface area contributed by atoms with Gasteiger partial charge in [-0.15, -0.1) is 0 Å². The van der Waals surface area contributed by atoms with Crippen LogP contribution in [0.2, 0.25) is 0 Å². The Labute approximate surface area is 254 Å². The van der Waals surface area contributed by atoms with Crippen LogP contribution < -0.4 is 0 Å². The molecule has 4 bridgehead atoms. The fourth-order valence-corrected chi connectivity index (χ4v) is 9.42. The van der Waals surface area contributed by atoms with Crippen molar-refractivity contribution in [2.75, 3.05) is 0 Å². The summed E-state index contributed by atoms with van der Waals surface area (Å²) in [4.78, 5) is 0. The quantitative estimate of drug-likeness (QED) is 0.191. The SMILES string of the molecule is Cc1cc(-c2cc(C)c(O)c(C(c3cc(-c4ccc(O)c(C)c4)cc(C)c3O)C34CC5CC(CC(C5)C3)C4)c2)ccc1O. The second-order valence-electron chi connectivity index (χ2n) is 14.2. The van der Waals surface area contributed by atoms with Crippen molar-refractivity contribution in [3.8, 4) is 45.3 Å². The normalized spacial score (nSPS) is 24.2. The fourth-order valence-electron chi connectivity index (χ4n) is 9.42. The van der Waals surface area contributed by atoms with Crippen molar-refractivity contribution >= 4 is 0 Å². The second-order valence-corrected chi connectivity index (χ2v) is 14.2. The molecule has 0 heterocycles. The van der Waals surface area contributed by atoms with Gasteiger partial charge in [0.05, 0.1) is 0 Å². The molecule has 222 valence electrons. The fraction of sp³-hybridized carbons (Fsp3) is 0.385. The van der Waals surface area contributed by atoms with Crippen molar-refractivity contribution in [1.82, 2.24) is 0 Å². The number of benzene rings is 4. The molecule has 4 nitrogen and oxygen atoms in total. The van der Waals surface area contributed by atoms with Gasteiger partial charge in [-0.1, -0.05) is 12.1 Å². The van der Waals surface area contributed by atoms with Crippen LogP contribution in [0.5, 0.6) is 23.0 Å². The summed E-state index contributed by atoms with van der Waals surface area (Å²) in [7, 11) is 0. The Balaban J connectivity index is 1.47. The molecule has 4 aliphatic carbocycles. The Kier molecular flexibility index (Phi) is 6.54. The highest BCUT2D eigenvalue weighted by Crippen LogP contribution is 2.67. The minimum absolute atomic E-state index is 0.0460. The zero-order valence-corrected chi connectivity index (χ0v) is 25.6. The highest BCUT2D eigenvalue weighted by atomic mass is 16.3. The van der Waals surface area contributed by atoms with Crippen LogP contribution in [0.3, 0.4) is 0 Å². The van der Waals surface area contributed by atoms with E-state index < -0.39 is 0 Å². The summed E-state index contributed by atoms with van der Waals surface area (Å²) < 4.78 is 0. The first-order valence-electron chi connectivity index (χ1n) is 15.8. The second kappa shape index (κ2) is 10.1. The first kappa shape index (κ1) is 27.9. The van der Waals surface area contributed by atoms with Gasteiger partial charge in [-0.05, 0) is 182 Å². The van der Waals surface area contributed by atoms with Gasteiger partial charge in [0.1, 0.15) is 23.0 Å². The number of aromatic hydroxyl groups is 4.